The molecule has 0 saturated heterocycles. The van der Waals surface area contributed by atoms with E-state index < -0.39 is 15.4 Å². The van der Waals surface area contributed by atoms with E-state index in [1.807, 2.05) is 0 Å². The minimum absolute atomic E-state index is 0. The molecule has 0 bridgehead atoms. The predicted octanol–water partition coefficient (Wildman–Crippen LogP) is -3.68. The van der Waals surface area contributed by atoms with Crippen molar-refractivity contribution in [1.29, 1.82) is 0 Å². The summed E-state index contributed by atoms with van der Waals surface area (Å²) < 4.78 is 24.4. The maximum atomic E-state index is 8.67. The van der Waals surface area contributed by atoms with Crippen molar-refractivity contribution in [1.82, 2.24) is 0 Å². The van der Waals surface area contributed by atoms with Gasteiger partial charge in [0.05, 0.1) is 0 Å². The van der Waals surface area contributed by atoms with Gasteiger partial charge in [-0.1, -0.05) is 0 Å². The summed E-state index contributed by atoms with van der Waals surface area (Å²) in [4.78, 5) is 0. The average Bonchev–Trinajstić information content (AvgIpc) is 0.811. The molecule has 0 unspecified atom stereocenters. The van der Waals surface area contributed by atoms with Gasteiger partial charge in [0, 0.05) is 32.7 Å². The Balaban J connectivity index is -0.0000000150. The SMILES string of the molecule is [H-].[Na+].[O]=[V](=[O])[OH].[Y]. The van der Waals surface area contributed by atoms with Gasteiger partial charge in [-0.15, -0.1) is 0 Å². The van der Waals surface area contributed by atoms with Gasteiger partial charge in [0.2, 0.25) is 0 Å². The van der Waals surface area contributed by atoms with Gasteiger partial charge in [0.25, 0.3) is 0 Å². The van der Waals surface area contributed by atoms with Gasteiger partial charge >= 0.3 is 56.3 Å². The van der Waals surface area contributed by atoms with Crippen LogP contribution in [0.15, 0.2) is 0 Å². The van der Waals surface area contributed by atoms with Gasteiger partial charge in [-0.3, -0.25) is 0 Å². The molecule has 0 aromatic heterocycles. The summed E-state index contributed by atoms with van der Waals surface area (Å²) in [7, 11) is 0. The minimum atomic E-state index is -3.69. The molecular formula is H2NaO3VY. The van der Waals surface area contributed by atoms with Gasteiger partial charge in [0.15, 0.2) is 0 Å². The molecule has 0 aliphatic carbocycles. The first-order chi connectivity index (χ1) is 1.73. The van der Waals surface area contributed by atoms with Crippen LogP contribution in [0.3, 0.4) is 0 Å². The van der Waals surface area contributed by atoms with Crippen molar-refractivity contribution < 1.29 is 90.5 Å². The Labute approximate surface area is 88.9 Å². The molecule has 0 aromatic carbocycles. The summed E-state index contributed by atoms with van der Waals surface area (Å²) in [5.74, 6) is 0. The van der Waals surface area contributed by atoms with Crippen molar-refractivity contribution in [2.75, 3.05) is 0 Å². The Morgan fingerprint density at radius 3 is 1.50 bits per heavy atom. The Hall–Kier alpha value is 2.25. The maximum Gasteiger partial charge on any atom is 0 e. The molecule has 0 fully saturated rings. The molecule has 1 radical (unpaired) electrons. The third kappa shape index (κ3) is 34.0. The summed E-state index contributed by atoms with van der Waals surface area (Å²) in [5.41, 5.74) is 0. The van der Waals surface area contributed by atoms with Crippen LogP contribution in [0.5, 0.6) is 0 Å². The molecule has 0 saturated carbocycles. The largest absolute Gasteiger partial charge is 0 e. The van der Waals surface area contributed by atoms with Crippen molar-refractivity contribution in [3.8, 4) is 0 Å². The van der Waals surface area contributed by atoms with Crippen LogP contribution < -0.4 is 29.6 Å². The second kappa shape index (κ2) is 10.3. The number of hydrogen-bond donors (Lipinski definition) is 1. The van der Waals surface area contributed by atoms with Crippen LogP contribution >= 0.6 is 0 Å². The molecule has 0 atom stereocenters. The van der Waals surface area contributed by atoms with Crippen LogP contribution in [-0.4, -0.2) is 4.03 Å². The van der Waals surface area contributed by atoms with Crippen molar-refractivity contribution in [3.63, 3.8) is 0 Å². The molecule has 0 aromatic rings. The third-order valence-corrected chi connectivity index (χ3v) is 0. The molecular weight excluding hydrogens is 211 g/mol. The Bertz CT molecular complexity index is 63.3. The smallest absolute Gasteiger partial charge is 0 e. The molecule has 6 heavy (non-hydrogen) atoms. The second-order valence-corrected chi connectivity index (χ2v) is 0.981. The quantitative estimate of drug-likeness (QED) is 0.421. The van der Waals surface area contributed by atoms with E-state index in [1.54, 1.807) is 0 Å². The van der Waals surface area contributed by atoms with Gasteiger partial charge in [-0.05, 0) is 0 Å². The van der Waals surface area contributed by atoms with Crippen molar-refractivity contribution in [2.24, 2.45) is 0 Å². The standard InChI is InChI=1S/Na.H2O.2O.V.Y.H/h;1H2;;;;;/q+1;;;;+1;;-1/p-1. The second-order valence-electron chi connectivity index (χ2n) is 0.238. The van der Waals surface area contributed by atoms with Gasteiger partial charge in [-0.2, -0.15) is 0 Å². The van der Waals surface area contributed by atoms with Gasteiger partial charge in [-0.25, -0.2) is 0 Å². The number of rotatable bonds is 0. The monoisotopic (exact) mass is 213 g/mol. The van der Waals surface area contributed by atoms with E-state index in [4.69, 9.17) is 11.4 Å². The van der Waals surface area contributed by atoms with Crippen LogP contribution in [0.4, 0.5) is 0 Å². The van der Waals surface area contributed by atoms with E-state index in [0.29, 0.717) is 0 Å². The predicted molar refractivity (Wildman–Crippen MR) is 4.70 cm³/mol. The zero-order valence-electron chi connectivity index (χ0n) is 4.29. The normalized spacial score (nSPS) is 4.17. The Morgan fingerprint density at radius 2 is 1.50 bits per heavy atom. The van der Waals surface area contributed by atoms with Crippen LogP contribution in [0.25, 0.3) is 0 Å². The average molecular weight is 213 g/mol. The molecule has 6 heteroatoms. The Kier molecular flexibility index (Phi) is 26.9. The summed E-state index contributed by atoms with van der Waals surface area (Å²) in [6.45, 7) is 0. The molecule has 0 aliphatic heterocycles. The van der Waals surface area contributed by atoms with E-state index in [9.17, 15) is 0 Å². The van der Waals surface area contributed by atoms with Crippen LogP contribution in [-0.2, 0) is 55.5 Å². The molecule has 0 spiro atoms. The van der Waals surface area contributed by atoms with Crippen molar-refractivity contribution >= 4 is 0 Å². The van der Waals surface area contributed by atoms with Crippen LogP contribution in [0.2, 0.25) is 0 Å². The zero-order chi connectivity index (χ0) is 3.58. The minimum Gasteiger partial charge on any atom is 0 e. The van der Waals surface area contributed by atoms with Gasteiger partial charge in [0.1, 0.15) is 0 Å². The molecule has 0 amide bonds. The van der Waals surface area contributed by atoms with E-state index in [-0.39, 0.29) is 63.7 Å². The summed E-state index contributed by atoms with van der Waals surface area (Å²) in [6.07, 6.45) is 0. The van der Waals surface area contributed by atoms with Crippen molar-refractivity contribution in [3.05, 3.63) is 0 Å². The topological polar surface area (TPSA) is 54.4 Å². The first-order valence-electron chi connectivity index (χ1n) is 0.565. The molecule has 0 rings (SSSR count). The summed E-state index contributed by atoms with van der Waals surface area (Å²) >= 11 is -3.69. The fourth-order valence-corrected chi connectivity index (χ4v) is 0. The van der Waals surface area contributed by atoms with Crippen LogP contribution in [0, 0.1) is 0 Å². The Morgan fingerprint density at radius 1 is 1.50 bits per heavy atom. The molecule has 1 N–H and O–H groups in total. The zero-order valence-corrected chi connectivity index (χ0v) is 9.52. The first-order valence-corrected chi connectivity index (χ1v) is 2.33. The summed E-state index contributed by atoms with van der Waals surface area (Å²) in [6, 6.07) is 0. The fourth-order valence-electron chi connectivity index (χ4n) is 0. The molecule has 0 aliphatic rings. The first kappa shape index (κ1) is 15.7. The van der Waals surface area contributed by atoms with E-state index in [0.717, 1.165) is 0 Å². The molecule has 0 heterocycles. The maximum absolute atomic E-state index is 8.67. The van der Waals surface area contributed by atoms with Crippen LogP contribution in [0.1, 0.15) is 1.43 Å². The van der Waals surface area contributed by atoms with E-state index in [2.05, 4.69) is 0 Å². The van der Waals surface area contributed by atoms with E-state index in [1.165, 1.54) is 0 Å². The molecule has 29 valence electrons. The van der Waals surface area contributed by atoms with Gasteiger partial charge < -0.3 is 1.43 Å². The number of hydrogen-bond acceptors (Lipinski definition) is 2. The van der Waals surface area contributed by atoms with Crippen molar-refractivity contribution in [2.45, 2.75) is 0 Å². The molecule has 3 nitrogen and oxygen atoms in total. The fraction of sp³-hybridized carbons (Fsp3) is 0. The summed E-state index contributed by atoms with van der Waals surface area (Å²) in [5, 5.41) is 0. The third-order valence-electron chi connectivity index (χ3n) is 0. The van der Waals surface area contributed by atoms with E-state index >= 15 is 0 Å².